The van der Waals surface area contributed by atoms with Crippen LogP contribution in [0.15, 0.2) is 17.5 Å². The highest BCUT2D eigenvalue weighted by atomic mass is 35.5. The summed E-state index contributed by atoms with van der Waals surface area (Å²) in [6.07, 6.45) is 0. The Morgan fingerprint density at radius 3 is 1.94 bits per heavy atom. The van der Waals surface area contributed by atoms with E-state index >= 15 is 0 Å². The monoisotopic (exact) mass is 280 g/mol. The van der Waals surface area contributed by atoms with Crippen LogP contribution in [-0.4, -0.2) is 16.4 Å². The first-order chi connectivity index (χ1) is 6.54. The Morgan fingerprint density at radius 2 is 1.41 bits per heavy atom. The van der Waals surface area contributed by atoms with Crippen LogP contribution >= 0.6 is 22.9 Å². The molecule has 0 aliphatic heterocycles. The molecule has 1 rings (SSSR count). The van der Waals surface area contributed by atoms with Gasteiger partial charge < -0.3 is 16.4 Å². The first-order valence-corrected chi connectivity index (χ1v) is 5.84. The van der Waals surface area contributed by atoms with Crippen molar-refractivity contribution in [3.05, 3.63) is 44.1 Å². The van der Waals surface area contributed by atoms with Crippen molar-refractivity contribution in [1.82, 2.24) is 0 Å². The molecular weight excluding hydrogens is 260 g/mol. The maximum Gasteiger partial charge on any atom is 0.0438 e. The van der Waals surface area contributed by atoms with E-state index < -0.39 is 0 Å². The zero-order valence-electron chi connectivity index (χ0n) is 10.5. The summed E-state index contributed by atoms with van der Waals surface area (Å²) >= 11 is 7.89. The normalized spacial score (nSPS) is 8.06. The van der Waals surface area contributed by atoms with E-state index in [1.807, 2.05) is 12.1 Å². The molecule has 1 aromatic heterocycles. The van der Waals surface area contributed by atoms with Gasteiger partial charge in [0, 0.05) is 9.90 Å². The van der Waals surface area contributed by atoms with Crippen molar-refractivity contribution in [1.29, 1.82) is 0 Å². The molecule has 17 heavy (non-hydrogen) atoms. The van der Waals surface area contributed by atoms with Gasteiger partial charge in [-0.25, -0.2) is 0 Å². The minimum atomic E-state index is 0. The molecule has 0 aliphatic carbocycles. The van der Waals surface area contributed by atoms with E-state index in [9.17, 15) is 0 Å². The lowest BCUT2D eigenvalue weighted by Crippen LogP contribution is -1.84. The molecule has 0 saturated carbocycles. The van der Waals surface area contributed by atoms with E-state index in [-0.39, 0.29) is 16.4 Å². The number of hydrogen-bond donors (Lipinski definition) is 0. The van der Waals surface area contributed by atoms with Crippen LogP contribution in [-0.2, 0) is 0 Å². The van der Waals surface area contributed by atoms with Crippen LogP contribution in [0.2, 0.25) is 5.02 Å². The summed E-state index contributed by atoms with van der Waals surface area (Å²) in [5.74, 6) is 0. The van der Waals surface area contributed by atoms with Crippen LogP contribution in [0.5, 0.6) is 0 Å². The molecule has 0 amide bonds. The molecule has 0 atom stereocenters. The number of halogens is 1. The Kier molecular flexibility index (Phi) is 11.9. The highest BCUT2D eigenvalue weighted by Crippen LogP contribution is 2.21. The lowest BCUT2D eigenvalue weighted by Gasteiger charge is -2.02. The fourth-order valence-corrected chi connectivity index (χ4v) is 2.11. The summed E-state index contributed by atoms with van der Waals surface area (Å²) in [7, 11) is 0. The molecule has 0 saturated heterocycles. The molecule has 1 heterocycles. The van der Waals surface area contributed by atoms with E-state index in [1.165, 1.54) is 16.0 Å². The molecule has 0 aliphatic rings. The third kappa shape index (κ3) is 5.48. The van der Waals surface area contributed by atoms with Gasteiger partial charge in [-0.3, -0.25) is 0 Å². The topological polar surface area (TPSA) is 94.5 Å². The Bertz CT molecular complexity index is 365. The van der Waals surface area contributed by atoms with Crippen molar-refractivity contribution in [2.45, 2.75) is 27.7 Å². The van der Waals surface area contributed by atoms with Crippen LogP contribution in [0, 0.1) is 27.7 Å². The number of rotatable bonds is 0. The summed E-state index contributed by atoms with van der Waals surface area (Å²) < 4.78 is 0. The van der Waals surface area contributed by atoms with E-state index in [0.29, 0.717) is 0 Å². The second kappa shape index (κ2) is 9.39. The lowest BCUT2D eigenvalue weighted by molar-refractivity contribution is 0.823. The van der Waals surface area contributed by atoms with Gasteiger partial charge >= 0.3 is 0 Å². The zero-order chi connectivity index (χ0) is 10.7. The molecule has 0 aromatic carbocycles. The molecule has 0 unspecified atom stereocenters. The Balaban J connectivity index is -0.000000653. The summed E-state index contributed by atoms with van der Waals surface area (Å²) in [5.41, 5.74) is 3.77. The third-order valence-corrected chi connectivity index (χ3v) is 3.94. The van der Waals surface area contributed by atoms with E-state index in [2.05, 4.69) is 33.1 Å². The average Bonchev–Trinajstić information content (AvgIpc) is 2.21. The summed E-state index contributed by atoms with van der Waals surface area (Å²) in [6, 6.07) is 3.94. The van der Waals surface area contributed by atoms with Crippen molar-refractivity contribution >= 4 is 22.9 Å². The van der Waals surface area contributed by atoms with E-state index in [1.54, 1.807) is 11.3 Å². The minimum Gasteiger partial charge on any atom is -0.412 e. The fraction of sp³-hybridized carbons (Fsp3) is 0.333. The summed E-state index contributed by atoms with van der Waals surface area (Å²) in [6.45, 7) is 8.47. The molecule has 0 bridgehead atoms. The Morgan fingerprint density at radius 1 is 0.882 bits per heavy atom. The van der Waals surface area contributed by atoms with Gasteiger partial charge in [0.1, 0.15) is 0 Å². The van der Waals surface area contributed by atoms with Crippen molar-refractivity contribution in [2.24, 2.45) is 0 Å². The Hall–Kier alpha value is -0.650. The van der Waals surface area contributed by atoms with E-state index in [0.717, 1.165) is 10.6 Å². The molecule has 1 aromatic rings. The van der Waals surface area contributed by atoms with Gasteiger partial charge in [0.2, 0.25) is 0 Å². The molecule has 5 heteroatoms. The van der Waals surface area contributed by atoms with Crippen LogP contribution in [0.4, 0.5) is 0 Å². The van der Waals surface area contributed by atoms with Gasteiger partial charge in [0.25, 0.3) is 0 Å². The van der Waals surface area contributed by atoms with Crippen LogP contribution in [0.25, 0.3) is 0 Å². The first kappa shape index (κ1) is 21.6. The zero-order valence-corrected chi connectivity index (χ0v) is 12.1. The van der Waals surface area contributed by atoms with Gasteiger partial charge in [-0.05, 0) is 55.8 Å². The van der Waals surface area contributed by atoms with Gasteiger partial charge in [0.15, 0.2) is 0 Å². The Labute approximate surface area is 111 Å². The molecule has 100 valence electrons. The van der Waals surface area contributed by atoms with Crippen LogP contribution < -0.4 is 0 Å². The molecule has 0 spiro atoms. The van der Waals surface area contributed by atoms with Gasteiger partial charge in [-0.15, -0.1) is 11.3 Å². The second-order valence-corrected chi connectivity index (χ2v) is 4.92. The summed E-state index contributed by atoms with van der Waals surface area (Å²) in [4.78, 5) is 1.33. The van der Waals surface area contributed by atoms with Crippen LogP contribution in [0.3, 0.4) is 0 Å². The number of hydrogen-bond acceptors (Lipinski definition) is 1. The molecule has 6 N–H and O–H groups in total. The van der Waals surface area contributed by atoms with Crippen molar-refractivity contribution in [3.63, 3.8) is 0 Å². The van der Waals surface area contributed by atoms with Crippen molar-refractivity contribution in [2.75, 3.05) is 0 Å². The maximum absolute atomic E-state index is 6.14. The number of aryl methyl sites for hydroxylation is 1. The maximum atomic E-state index is 6.14. The lowest BCUT2D eigenvalue weighted by atomic mass is 10.1. The smallest absolute Gasteiger partial charge is 0.0438 e. The standard InChI is InChI=1S/C12H15ClS.3H2O/c1-8-9(2)11(4)14-7-5-6-12(13)10(8)3;;;/h5-7H,1-4H3;3*1H2. The fourth-order valence-electron chi connectivity index (χ4n) is 1.20. The van der Waals surface area contributed by atoms with Gasteiger partial charge in [0.05, 0.1) is 0 Å². The highest BCUT2D eigenvalue weighted by Gasteiger charge is 1.99. The molecule has 0 fully saturated rings. The van der Waals surface area contributed by atoms with Crippen LogP contribution in [0.1, 0.15) is 21.6 Å². The predicted octanol–water partition coefficient (Wildman–Crippen LogP) is 2.29. The molecule has 3 nitrogen and oxygen atoms in total. The van der Waals surface area contributed by atoms with Crippen molar-refractivity contribution in [3.8, 4) is 0 Å². The largest absolute Gasteiger partial charge is 0.412 e. The van der Waals surface area contributed by atoms with E-state index in [4.69, 9.17) is 11.6 Å². The minimum absolute atomic E-state index is 0. The predicted molar refractivity (Wildman–Crippen MR) is 76.7 cm³/mol. The highest BCUT2D eigenvalue weighted by molar-refractivity contribution is 7.09. The van der Waals surface area contributed by atoms with Crippen molar-refractivity contribution < 1.29 is 16.4 Å². The van der Waals surface area contributed by atoms with Gasteiger partial charge in [-0.1, -0.05) is 17.7 Å². The molecular formula is C12H21ClO3S. The van der Waals surface area contributed by atoms with Gasteiger partial charge in [-0.2, -0.15) is 0 Å². The summed E-state index contributed by atoms with van der Waals surface area (Å²) in [5, 5.41) is 2.89. The average molecular weight is 281 g/mol. The molecule has 0 radical (unpaired) electrons. The quantitative estimate of drug-likeness (QED) is 0.697. The first-order valence-electron chi connectivity index (χ1n) is 4.58. The second-order valence-electron chi connectivity index (χ2n) is 3.39. The third-order valence-electron chi connectivity index (χ3n) is 2.58. The SMILES string of the molecule is Cc1scccc(Cl)c(C)c(C)c1C.O.O.O.